The number of hydrogen-bond donors (Lipinski definition) is 2. The number of aromatic nitrogens is 2. The minimum atomic E-state index is -3.52. The summed E-state index contributed by atoms with van der Waals surface area (Å²) in [5.74, 6) is -0.959. The fraction of sp³-hybridized carbons (Fsp3) is 0.389. The molecule has 0 spiro atoms. The van der Waals surface area contributed by atoms with Crippen LogP contribution in [-0.4, -0.2) is 47.4 Å². The molecule has 10 heteroatoms. The van der Waals surface area contributed by atoms with E-state index in [1.807, 2.05) is 19.9 Å². The highest BCUT2D eigenvalue weighted by atomic mass is 32.2. The number of benzene rings is 1. The van der Waals surface area contributed by atoms with Gasteiger partial charge >= 0.3 is 0 Å². The van der Waals surface area contributed by atoms with Gasteiger partial charge in [-0.3, -0.25) is 25.1 Å². The highest BCUT2D eigenvalue weighted by Gasteiger charge is 2.27. The SMILES string of the molecule is Cc1cc(C)n(CC(=O)NNC(=O)c2ccc(S(=O)(=O)N3CCCC3)cc2)n1. The lowest BCUT2D eigenvalue weighted by molar-refractivity contribution is -0.122. The molecule has 2 heterocycles. The summed E-state index contributed by atoms with van der Waals surface area (Å²) in [6.45, 7) is 4.69. The Balaban J connectivity index is 1.57. The summed E-state index contributed by atoms with van der Waals surface area (Å²) in [5, 5.41) is 4.18. The Morgan fingerprint density at radius 1 is 1.07 bits per heavy atom. The lowest BCUT2D eigenvalue weighted by atomic mass is 10.2. The molecule has 1 fully saturated rings. The number of aryl methyl sites for hydroxylation is 2. The summed E-state index contributed by atoms with van der Waals surface area (Å²) in [5.41, 5.74) is 6.54. The van der Waals surface area contributed by atoms with Crippen molar-refractivity contribution in [3.63, 3.8) is 0 Å². The van der Waals surface area contributed by atoms with Crippen LogP contribution in [0.4, 0.5) is 0 Å². The topological polar surface area (TPSA) is 113 Å². The Kier molecular flexibility index (Phi) is 5.80. The van der Waals surface area contributed by atoms with Gasteiger partial charge in [-0.2, -0.15) is 9.40 Å². The van der Waals surface area contributed by atoms with Crippen LogP contribution in [0.3, 0.4) is 0 Å². The van der Waals surface area contributed by atoms with E-state index >= 15 is 0 Å². The van der Waals surface area contributed by atoms with Crippen molar-refractivity contribution >= 4 is 21.8 Å². The highest BCUT2D eigenvalue weighted by molar-refractivity contribution is 7.89. The van der Waals surface area contributed by atoms with Crippen molar-refractivity contribution in [1.82, 2.24) is 24.9 Å². The maximum Gasteiger partial charge on any atom is 0.269 e. The van der Waals surface area contributed by atoms with E-state index in [1.165, 1.54) is 33.3 Å². The second-order valence-corrected chi connectivity index (χ2v) is 8.66. The number of hydrogen-bond acceptors (Lipinski definition) is 5. The third-order valence-electron chi connectivity index (χ3n) is 4.53. The highest BCUT2D eigenvalue weighted by Crippen LogP contribution is 2.21. The van der Waals surface area contributed by atoms with Crippen LogP contribution in [0.15, 0.2) is 35.2 Å². The first-order chi connectivity index (χ1) is 13.3. The Morgan fingerprint density at radius 2 is 1.71 bits per heavy atom. The van der Waals surface area contributed by atoms with Gasteiger partial charge in [-0.05, 0) is 57.0 Å². The monoisotopic (exact) mass is 405 g/mol. The smallest absolute Gasteiger partial charge is 0.269 e. The van der Waals surface area contributed by atoms with E-state index in [0.29, 0.717) is 13.1 Å². The van der Waals surface area contributed by atoms with E-state index in [1.54, 1.807) is 0 Å². The van der Waals surface area contributed by atoms with E-state index in [4.69, 9.17) is 0 Å². The van der Waals surface area contributed by atoms with Crippen LogP contribution in [0, 0.1) is 13.8 Å². The van der Waals surface area contributed by atoms with Crippen molar-refractivity contribution in [2.45, 2.75) is 38.1 Å². The Bertz CT molecular complexity index is 976. The average Bonchev–Trinajstić information content (AvgIpc) is 3.30. The van der Waals surface area contributed by atoms with Crippen LogP contribution in [0.1, 0.15) is 34.6 Å². The molecule has 1 aromatic heterocycles. The van der Waals surface area contributed by atoms with Gasteiger partial charge in [0, 0.05) is 24.3 Å². The number of sulfonamides is 1. The maximum atomic E-state index is 12.5. The van der Waals surface area contributed by atoms with Crippen LogP contribution in [0.25, 0.3) is 0 Å². The van der Waals surface area contributed by atoms with Crippen molar-refractivity contribution < 1.29 is 18.0 Å². The van der Waals surface area contributed by atoms with Crippen LogP contribution in [-0.2, 0) is 21.4 Å². The molecule has 2 N–H and O–H groups in total. The first-order valence-electron chi connectivity index (χ1n) is 8.98. The van der Waals surface area contributed by atoms with Gasteiger partial charge in [0.2, 0.25) is 10.0 Å². The number of carbonyl (C=O) groups excluding carboxylic acids is 2. The van der Waals surface area contributed by atoms with Crippen molar-refractivity contribution in [2.75, 3.05) is 13.1 Å². The molecule has 3 rings (SSSR count). The molecule has 150 valence electrons. The van der Waals surface area contributed by atoms with Gasteiger partial charge < -0.3 is 0 Å². The molecular weight excluding hydrogens is 382 g/mol. The molecule has 1 aliphatic heterocycles. The summed E-state index contributed by atoms with van der Waals surface area (Å²) in [4.78, 5) is 24.3. The van der Waals surface area contributed by atoms with E-state index in [2.05, 4.69) is 16.0 Å². The zero-order valence-electron chi connectivity index (χ0n) is 15.8. The summed E-state index contributed by atoms with van der Waals surface area (Å²) < 4.78 is 28.0. The average molecular weight is 405 g/mol. The largest absolute Gasteiger partial charge is 0.271 e. The van der Waals surface area contributed by atoms with Crippen LogP contribution in [0.5, 0.6) is 0 Å². The fourth-order valence-corrected chi connectivity index (χ4v) is 4.58. The summed E-state index contributed by atoms with van der Waals surface area (Å²) in [7, 11) is -3.52. The molecule has 0 aliphatic carbocycles. The number of hydrazine groups is 1. The number of amides is 2. The molecule has 1 aliphatic rings. The molecule has 28 heavy (non-hydrogen) atoms. The molecule has 0 radical (unpaired) electrons. The zero-order chi connectivity index (χ0) is 20.3. The fourth-order valence-electron chi connectivity index (χ4n) is 3.07. The number of nitrogens with zero attached hydrogens (tertiary/aromatic N) is 3. The van der Waals surface area contributed by atoms with Crippen LogP contribution < -0.4 is 10.9 Å². The second-order valence-electron chi connectivity index (χ2n) is 6.72. The molecule has 0 saturated carbocycles. The first kappa shape index (κ1) is 20.0. The second kappa shape index (κ2) is 8.11. The normalized spacial score (nSPS) is 14.8. The number of nitrogens with one attached hydrogen (secondary N) is 2. The zero-order valence-corrected chi connectivity index (χ0v) is 16.6. The van der Waals surface area contributed by atoms with E-state index < -0.39 is 21.8 Å². The third kappa shape index (κ3) is 4.39. The molecule has 2 aromatic rings. The molecule has 9 nitrogen and oxygen atoms in total. The Hall–Kier alpha value is -2.72. The summed E-state index contributed by atoms with van der Waals surface area (Å²) in [6, 6.07) is 7.50. The Morgan fingerprint density at radius 3 is 2.29 bits per heavy atom. The number of rotatable bonds is 5. The standard InChI is InChI=1S/C18H23N5O4S/c1-13-11-14(2)23(21-13)12-17(24)19-20-18(25)15-5-7-16(8-6-15)28(26,27)22-9-3-4-10-22/h5-8,11H,3-4,9-10,12H2,1-2H3,(H,19,24)(H,20,25). The van der Waals surface area contributed by atoms with E-state index in [-0.39, 0.29) is 17.0 Å². The Labute approximate surface area is 163 Å². The minimum absolute atomic E-state index is 0.0209. The predicted molar refractivity (Wildman–Crippen MR) is 102 cm³/mol. The van der Waals surface area contributed by atoms with Gasteiger partial charge in [0.1, 0.15) is 6.54 Å². The van der Waals surface area contributed by atoms with E-state index in [9.17, 15) is 18.0 Å². The predicted octanol–water partition coefficient (Wildman–Crippen LogP) is 0.746. The molecule has 1 aromatic carbocycles. The molecule has 0 atom stereocenters. The molecule has 0 bridgehead atoms. The molecule has 0 unspecified atom stereocenters. The maximum absolute atomic E-state index is 12.5. The van der Waals surface area contributed by atoms with E-state index in [0.717, 1.165) is 24.2 Å². The van der Waals surface area contributed by atoms with Crippen molar-refractivity contribution in [3.05, 3.63) is 47.3 Å². The summed E-state index contributed by atoms with van der Waals surface area (Å²) in [6.07, 6.45) is 1.72. The van der Waals surface area contributed by atoms with Gasteiger partial charge in [0.25, 0.3) is 11.8 Å². The van der Waals surface area contributed by atoms with Crippen LogP contribution >= 0.6 is 0 Å². The third-order valence-corrected chi connectivity index (χ3v) is 6.44. The molecule has 1 saturated heterocycles. The quantitative estimate of drug-likeness (QED) is 0.713. The van der Waals surface area contributed by atoms with Gasteiger partial charge in [-0.1, -0.05) is 0 Å². The minimum Gasteiger partial charge on any atom is -0.271 e. The summed E-state index contributed by atoms with van der Waals surface area (Å²) >= 11 is 0. The van der Waals surface area contributed by atoms with Crippen LogP contribution in [0.2, 0.25) is 0 Å². The first-order valence-corrected chi connectivity index (χ1v) is 10.4. The lowest BCUT2D eigenvalue weighted by Crippen LogP contribution is -2.43. The lowest BCUT2D eigenvalue weighted by Gasteiger charge is -2.15. The van der Waals surface area contributed by atoms with Gasteiger partial charge in [0.15, 0.2) is 0 Å². The van der Waals surface area contributed by atoms with Crippen molar-refractivity contribution in [3.8, 4) is 0 Å². The van der Waals surface area contributed by atoms with Gasteiger partial charge in [-0.15, -0.1) is 0 Å². The number of carbonyl (C=O) groups is 2. The van der Waals surface area contributed by atoms with Gasteiger partial charge in [-0.25, -0.2) is 8.42 Å². The van der Waals surface area contributed by atoms with Gasteiger partial charge in [0.05, 0.1) is 10.6 Å². The van der Waals surface area contributed by atoms with Crippen molar-refractivity contribution in [2.24, 2.45) is 0 Å². The molecule has 2 amide bonds. The molecular formula is C18H23N5O4S. The van der Waals surface area contributed by atoms with Crippen molar-refractivity contribution in [1.29, 1.82) is 0 Å².